The van der Waals surface area contributed by atoms with Gasteiger partial charge in [-0.05, 0) is 51.2 Å². The number of carbonyl (C=O) groups excluding carboxylic acids is 1. The van der Waals surface area contributed by atoms with Gasteiger partial charge in [0, 0.05) is 42.9 Å². The maximum Gasteiger partial charge on any atom is 0.246 e. The Morgan fingerprint density at radius 3 is 2.64 bits per heavy atom. The summed E-state index contributed by atoms with van der Waals surface area (Å²) >= 11 is 12.0. The normalized spacial score (nSPS) is 20.4. The van der Waals surface area contributed by atoms with Crippen molar-refractivity contribution in [2.45, 2.75) is 43.9 Å². The number of fused-ring (bicyclic) bond motifs is 3. The van der Waals surface area contributed by atoms with Gasteiger partial charge in [-0.1, -0.05) is 29.8 Å². The van der Waals surface area contributed by atoms with Crippen molar-refractivity contribution in [3.63, 3.8) is 0 Å². The second kappa shape index (κ2) is 11.5. The van der Waals surface area contributed by atoms with Gasteiger partial charge in [-0.25, -0.2) is 14.4 Å². The maximum absolute atomic E-state index is 14.8. The van der Waals surface area contributed by atoms with Crippen LogP contribution in [0.2, 0.25) is 10.0 Å². The monoisotopic (exact) mass is 573 g/mol. The minimum atomic E-state index is -0.674. The smallest absolute Gasteiger partial charge is 0.246 e. The number of piperidine rings is 1. The van der Waals surface area contributed by atoms with Gasteiger partial charge >= 0.3 is 0 Å². The summed E-state index contributed by atoms with van der Waals surface area (Å²) < 4.78 is 27.5. The van der Waals surface area contributed by atoms with Gasteiger partial charge in [-0.15, -0.1) is 0 Å². The topological polar surface area (TPSA) is 79.8 Å². The SMILES string of the molecule is C=CC(=O)N1[C@@H]2CC[C@H]1CC(Oc1cc3c(Nc4ccc(Cl)c(Cl)c4F)ncnc3cc1OCCN(C)C)C2. The zero-order valence-electron chi connectivity index (χ0n) is 21.8. The van der Waals surface area contributed by atoms with Crippen LogP contribution in [-0.2, 0) is 4.79 Å². The summed E-state index contributed by atoms with van der Waals surface area (Å²) in [5.74, 6) is 0.788. The lowest BCUT2D eigenvalue weighted by atomic mass is 9.99. The highest BCUT2D eigenvalue weighted by Gasteiger charge is 2.43. The second-order valence-corrected chi connectivity index (χ2v) is 10.9. The van der Waals surface area contributed by atoms with E-state index < -0.39 is 5.82 Å². The fourth-order valence-electron chi connectivity index (χ4n) is 5.32. The van der Waals surface area contributed by atoms with Gasteiger partial charge in [-0.3, -0.25) is 4.79 Å². The molecule has 8 nitrogen and oxygen atoms in total. The molecule has 3 aromatic rings. The number of aromatic nitrogens is 2. The Morgan fingerprint density at radius 2 is 1.95 bits per heavy atom. The van der Waals surface area contributed by atoms with Crippen molar-refractivity contribution in [1.29, 1.82) is 0 Å². The number of nitrogens with zero attached hydrogens (tertiary/aromatic N) is 4. The van der Waals surface area contributed by atoms with Crippen LogP contribution in [0.1, 0.15) is 25.7 Å². The second-order valence-electron chi connectivity index (χ2n) is 10.1. The van der Waals surface area contributed by atoms with Crippen LogP contribution in [0.25, 0.3) is 10.9 Å². The first-order valence-electron chi connectivity index (χ1n) is 12.8. The average Bonchev–Trinajstić information content (AvgIpc) is 3.18. The zero-order valence-corrected chi connectivity index (χ0v) is 23.3. The van der Waals surface area contributed by atoms with E-state index in [1.807, 2.05) is 36.0 Å². The predicted molar refractivity (Wildman–Crippen MR) is 151 cm³/mol. The van der Waals surface area contributed by atoms with E-state index in [9.17, 15) is 9.18 Å². The number of nitrogens with one attached hydrogen (secondary N) is 1. The molecule has 1 amide bonds. The molecule has 2 fully saturated rings. The molecule has 2 saturated heterocycles. The Morgan fingerprint density at radius 1 is 1.21 bits per heavy atom. The number of halogens is 3. The number of carbonyl (C=O) groups is 1. The molecule has 3 heterocycles. The molecule has 2 bridgehead atoms. The van der Waals surface area contributed by atoms with Crippen LogP contribution >= 0.6 is 23.2 Å². The quantitative estimate of drug-likeness (QED) is 0.254. The van der Waals surface area contributed by atoms with Gasteiger partial charge in [0.25, 0.3) is 0 Å². The molecule has 0 aliphatic carbocycles. The summed E-state index contributed by atoms with van der Waals surface area (Å²) in [5.41, 5.74) is 0.737. The molecule has 1 unspecified atom stereocenters. The highest BCUT2D eigenvalue weighted by Crippen LogP contribution is 2.41. The largest absolute Gasteiger partial charge is 0.488 e. The molecular formula is C28H30Cl2FN5O3. The molecule has 5 rings (SSSR count). The first-order valence-corrected chi connectivity index (χ1v) is 13.6. The van der Waals surface area contributed by atoms with Crippen LogP contribution in [0.15, 0.2) is 43.2 Å². The van der Waals surface area contributed by atoms with Crippen LogP contribution in [0.5, 0.6) is 11.5 Å². The number of hydrogen-bond donors (Lipinski definition) is 1. The lowest BCUT2D eigenvalue weighted by Gasteiger charge is -2.38. The highest BCUT2D eigenvalue weighted by atomic mass is 35.5. The van der Waals surface area contributed by atoms with E-state index in [1.54, 1.807) is 0 Å². The summed E-state index contributed by atoms with van der Waals surface area (Å²) in [5, 5.41) is 3.59. The van der Waals surface area contributed by atoms with E-state index in [-0.39, 0.29) is 39.8 Å². The van der Waals surface area contributed by atoms with E-state index in [0.29, 0.717) is 34.8 Å². The molecular weight excluding hydrogens is 544 g/mol. The minimum absolute atomic E-state index is 0.0261. The van der Waals surface area contributed by atoms with E-state index in [0.717, 1.165) is 32.2 Å². The van der Waals surface area contributed by atoms with Crippen molar-refractivity contribution >= 4 is 51.5 Å². The molecule has 3 atom stereocenters. The Labute approximate surface area is 236 Å². The van der Waals surface area contributed by atoms with E-state index >= 15 is 0 Å². The Hall–Kier alpha value is -3.14. The molecule has 0 saturated carbocycles. The van der Waals surface area contributed by atoms with Crippen molar-refractivity contribution in [2.24, 2.45) is 0 Å². The number of hydrogen-bond acceptors (Lipinski definition) is 7. The molecule has 1 aromatic heterocycles. The first kappa shape index (κ1) is 27.4. The third-order valence-electron chi connectivity index (χ3n) is 7.20. The summed E-state index contributed by atoms with van der Waals surface area (Å²) in [4.78, 5) is 25.1. The first-order chi connectivity index (χ1) is 18.7. The van der Waals surface area contributed by atoms with Crippen LogP contribution in [-0.4, -0.2) is 71.1 Å². The number of likely N-dealkylation sites (N-methyl/N-ethyl adjacent to an activating group) is 1. The lowest BCUT2D eigenvalue weighted by Crippen LogP contribution is -2.48. The molecule has 206 valence electrons. The number of anilines is 2. The molecule has 0 spiro atoms. The van der Waals surface area contributed by atoms with Gasteiger partial charge in [0.2, 0.25) is 5.91 Å². The highest BCUT2D eigenvalue weighted by molar-refractivity contribution is 6.42. The molecule has 0 radical (unpaired) electrons. The fourth-order valence-corrected chi connectivity index (χ4v) is 5.64. The molecule has 39 heavy (non-hydrogen) atoms. The Kier molecular flexibility index (Phi) is 8.11. The number of ether oxygens (including phenoxy) is 2. The van der Waals surface area contributed by atoms with E-state index in [2.05, 4.69) is 21.9 Å². The van der Waals surface area contributed by atoms with E-state index in [4.69, 9.17) is 32.7 Å². The van der Waals surface area contributed by atoms with Gasteiger partial charge in [0.05, 0.1) is 21.2 Å². The summed E-state index contributed by atoms with van der Waals surface area (Å²) in [6.45, 7) is 4.83. The average molecular weight is 574 g/mol. The lowest BCUT2D eigenvalue weighted by molar-refractivity contribution is -0.131. The Balaban J connectivity index is 1.47. The summed E-state index contributed by atoms with van der Waals surface area (Å²) in [7, 11) is 3.95. The number of amides is 1. The Bertz CT molecular complexity index is 1390. The fraction of sp³-hybridized carbons (Fsp3) is 0.393. The third kappa shape index (κ3) is 5.76. The van der Waals surface area contributed by atoms with Gasteiger partial charge < -0.3 is 24.6 Å². The van der Waals surface area contributed by atoms with Gasteiger partial charge in [0.15, 0.2) is 17.3 Å². The van der Waals surface area contributed by atoms with Crippen molar-refractivity contribution in [1.82, 2.24) is 19.8 Å². The zero-order chi connectivity index (χ0) is 27.7. The predicted octanol–water partition coefficient (Wildman–Crippen LogP) is 5.85. The van der Waals surface area contributed by atoms with Crippen LogP contribution in [0.4, 0.5) is 15.9 Å². The van der Waals surface area contributed by atoms with Gasteiger partial charge in [-0.2, -0.15) is 0 Å². The summed E-state index contributed by atoms with van der Waals surface area (Å²) in [6.07, 6.45) is 6.02. The van der Waals surface area contributed by atoms with Crippen molar-refractivity contribution in [3.8, 4) is 11.5 Å². The molecule has 2 aliphatic rings. The molecule has 2 aliphatic heterocycles. The van der Waals surface area contributed by atoms with Crippen LogP contribution in [0, 0.1) is 5.82 Å². The number of benzene rings is 2. The number of rotatable bonds is 9. The van der Waals surface area contributed by atoms with Gasteiger partial charge in [0.1, 0.15) is 24.9 Å². The molecule has 11 heteroatoms. The van der Waals surface area contributed by atoms with Crippen molar-refractivity contribution < 1.29 is 18.7 Å². The maximum atomic E-state index is 14.8. The molecule has 2 aromatic carbocycles. The van der Waals surface area contributed by atoms with Crippen LogP contribution in [0.3, 0.4) is 0 Å². The standard InChI is InChI=1S/C28H30Cl2FN5O3/c1-4-25(37)36-16-5-6-17(36)12-18(11-16)39-24-13-19-22(14-23(24)38-10-9-35(2)3)32-15-33-28(19)34-21-8-7-20(29)26(30)27(21)31/h4,7-8,13-18H,1,5-6,9-12H2,2-3H3,(H,32,33,34)/t16-,17+,18?. The third-order valence-corrected chi connectivity index (χ3v) is 7.98. The van der Waals surface area contributed by atoms with Crippen molar-refractivity contribution in [2.75, 3.05) is 32.6 Å². The van der Waals surface area contributed by atoms with E-state index in [1.165, 1.54) is 24.5 Å². The van der Waals surface area contributed by atoms with Crippen LogP contribution < -0.4 is 14.8 Å². The summed E-state index contributed by atoms with van der Waals surface area (Å²) in [6, 6.07) is 6.89. The van der Waals surface area contributed by atoms with Crippen molar-refractivity contribution in [3.05, 3.63) is 59.1 Å². The molecule has 1 N–H and O–H groups in total. The minimum Gasteiger partial charge on any atom is -0.488 e.